The number of rotatable bonds is 1. The standard InChI is InChI=1S/C19H20O2/c20-19(21)18-4-2-1-3-14(18)5-6-17-15-8-12-7-13(10-15)11-16(17)9-12/h1-4,12-13,15-17H,7-11H2,(H,20,21). The molecule has 4 bridgehead atoms. The molecule has 0 saturated heterocycles. The first-order valence-electron chi connectivity index (χ1n) is 8.04. The molecule has 4 saturated carbocycles. The lowest BCUT2D eigenvalue weighted by Gasteiger charge is -2.52. The highest BCUT2D eigenvalue weighted by atomic mass is 16.4. The van der Waals surface area contributed by atoms with Crippen molar-refractivity contribution in [2.75, 3.05) is 0 Å². The lowest BCUT2D eigenvalue weighted by Crippen LogP contribution is -2.44. The molecular formula is C19H20O2. The average molecular weight is 280 g/mol. The molecule has 0 heterocycles. The predicted molar refractivity (Wildman–Crippen MR) is 80.8 cm³/mol. The van der Waals surface area contributed by atoms with Crippen molar-refractivity contribution in [1.82, 2.24) is 0 Å². The average Bonchev–Trinajstić information content (AvgIpc) is 2.46. The minimum absolute atomic E-state index is 0.328. The van der Waals surface area contributed by atoms with Crippen LogP contribution in [0.1, 0.15) is 48.0 Å². The summed E-state index contributed by atoms with van der Waals surface area (Å²) in [7, 11) is 0. The highest BCUT2D eigenvalue weighted by Crippen LogP contribution is 2.56. The Kier molecular flexibility index (Phi) is 3.03. The van der Waals surface area contributed by atoms with Gasteiger partial charge in [-0.2, -0.15) is 0 Å². The van der Waals surface area contributed by atoms with E-state index in [4.69, 9.17) is 0 Å². The Hall–Kier alpha value is -1.75. The molecule has 0 radical (unpaired) electrons. The summed E-state index contributed by atoms with van der Waals surface area (Å²) in [4.78, 5) is 11.2. The first-order valence-corrected chi connectivity index (χ1v) is 8.04. The van der Waals surface area contributed by atoms with Gasteiger partial charge in [0.15, 0.2) is 0 Å². The molecule has 108 valence electrons. The highest BCUT2D eigenvalue weighted by molar-refractivity contribution is 5.90. The summed E-state index contributed by atoms with van der Waals surface area (Å²) in [5.74, 6) is 9.72. The Morgan fingerprint density at radius 3 is 2.24 bits per heavy atom. The van der Waals surface area contributed by atoms with Crippen molar-refractivity contribution >= 4 is 5.97 Å². The number of carboxylic acids is 1. The van der Waals surface area contributed by atoms with Gasteiger partial charge in [0.25, 0.3) is 0 Å². The van der Waals surface area contributed by atoms with Crippen LogP contribution in [-0.4, -0.2) is 11.1 Å². The van der Waals surface area contributed by atoms with Gasteiger partial charge in [0, 0.05) is 11.5 Å². The van der Waals surface area contributed by atoms with Gasteiger partial charge in [0.2, 0.25) is 0 Å². The van der Waals surface area contributed by atoms with E-state index in [1.165, 1.54) is 32.1 Å². The maximum Gasteiger partial charge on any atom is 0.336 e. The van der Waals surface area contributed by atoms with Crippen molar-refractivity contribution in [3.05, 3.63) is 35.4 Å². The van der Waals surface area contributed by atoms with E-state index in [9.17, 15) is 9.90 Å². The van der Waals surface area contributed by atoms with E-state index >= 15 is 0 Å². The van der Waals surface area contributed by atoms with Crippen molar-refractivity contribution in [2.24, 2.45) is 29.6 Å². The Morgan fingerprint density at radius 1 is 1.00 bits per heavy atom. The third-order valence-electron chi connectivity index (χ3n) is 5.76. The van der Waals surface area contributed by atoms with Crippen LogP contribution in [-0.2, 0) is 0 Å². The number of hydrogen-bond donors (Lipinski definition) is 1. The Labute approximate surface area is 125 Å². The molecule has 1 N–H and O–H groups in total. The van der Waals surface area contributed by atoms with Crippen LogP contribution in [0.3, 0.4) is 0 Å². The Bertz CT molecular complexity index is 606. The molecule has 1 aromatic rings. The predicted octanol–water partition coefficient (Wildman–Crippen LogP) is 3.81. The van der Waals surface area contributed by atoms with Crippen LogP contribution < -0.4 is 0 Å². The molecule has 21 heavy (non-hydrogen) atoms. The third kappa shape index (κ3) is 2.25. The molecule has 0 atom stereocenters. The summed E-state index contributed by atoms with van der Waals surface area (Å²) in [6.07, 6.45) is 6.87. The number of aromatic carboxylic acids is 1. The zero-order valence-electron chi connectivity index (χ0n) is 12.1. The van der Waals surface area contributed by atoms with Crippen molar-refractivity contribution in [2.45, 2.75) is 32.1 Å². The van der Waals surface area contributed by atoms with E-state index < -0.39 is 5.97 Å². The van der Waals surface area contributed by atoms with Gasteiger partial charge in [-0.3, -0.25) is 0 Å². The minimum atomic E-state index is -0.884. The van der Waals surface area contributed by atoms with E-state index in [1.54, 1.807) is 12.1 Å². The second-order valence-electron chi connectivity index (χ2n) is 7.08. The van der Waals surface area contributed by atoms with Gasteiger partial charge in [0.05, 0.1) is 5.56 Å². The van der Waals surface area contributed by atoms with Gasteiger partial charge < -0.3 is 5.11 Å². The second kappa shape index (κ2) is 4.91. The summed E-state index contributed by atoms with van der Waals surface area (Å²) in [5, 5.41) is 9.24. The molecule has 4 fully saturated rings. The zero-order chi connectivity index (χ0) is 14.4. The number of carbonyl (C=O) groups is 1. The molecule has 4 aliphatic carbocycles. The van der Waals surface area contributed by atoms with Gasteiger partial charge in [-0.1, -0.05) is 24.0 Å². The van der Waals surface area contributed by atoms with E-state index in [2.05, 4.69) is 11.8 Å². The van der Waals surface area contributed by atoms with E-state index in [1.807, 2.05) is 12.1 Å². The van der Waals surface area contributed by atoms with Crippen LogP contribution in [0.25, 0.3) is 0 Å². The van der Waals surface area contributed by atoms with Crippen LogP contribution in [0.4, 0.5) is 0 Å². The van der Waals surface area contributed by atoms with Crippen molar-refractivity contribution in [1.29, 1.82) is 0 Å². The smallest absolute Gasteiger partial charge is 0.336 e. The maximum atomic E-state index is 11.2. The largest absolute Gasteiger partial charge is 0.478 e. The SMILES string of the molecule is O=C(O)c1ccccc1C#CC1C2CC3CC(C2)CC1C3. The molecule has 0 spiro atoms. The summed E-state index contributed by atoms with van der Waals surface area (Å²) in [5.41, 5.74) is 0.993. The van der Waals surface area contributed by atoms with E-state index in [0.29, 0.717) is 17.0 Å². The number of benzene rings is 1. The fourth-order valence-electron chi connectivity index (χ4n) is 5.10. The van der Waals surface area contributed by atoms with Gasteiger partial charge in [-0.05, 0) is 67.9 Å². The normalized spacial score (nSPS) is 36.1. The summed E-state index contributed by atoms with van der Waals surface area (Å²) in [6.45, 7) is 0. The maximum absolute atomic E-state index is 11.2. The van der Waals surface area contributed by atoms with Crippen LogP contribution in [0.2, 0.25) is 0 Å². The van der Waals surface area contributed by atoms with E-state index in [-0.39, 0.29) is 0 Å². The fraction of sp³-hybridized carbons (Fsp3) is 0.526. The zero-order valence-corrected chi connectivity index (χ0v) is 12.1. The molecule has 0 amide bonds. The monoisotopic (exact) mass is 280 g/mol. The van der Waals surface area contributed by atoms with Gasteiger partial charge in [-0.15, -0.1) is 0 Å². The summed E-state index contributed by atoms with van der Waals surface area (Å²) >= 11 is 0. The van der Waals surface area contributed by atoms with Crippen LogP contribution in [0.5, 0.6) is 0 Å². The van der Waals surface area contributed by atoms with Gasteiger partial charge in [0.1, 0.15) is 0 Å². The molecule has 0 aliphatic heterocycles. The summed E-state index contributed by atoms with van der Waals surface area (Å²) < 4.78 is 0. The van der Waals surface area contributed by atoms with Crippen molar-refractivity contribution < 1.29 is 9.90 Å². The number of carboxylic acid groups (broad SMARTS) is 1. The quantitative estimate of drug-likeness (QED) is 0.794. The molecular weight excluding hydrogens is 260 g/mol. The van der Waals surface area contributed by atoms with Crippen molar-refractivity contribution in [3.63, 3.8) is 0 Å². The first-order chi connectivity index (χ1) is 10.2. The topological polar surface area (TPSA) is 37.3 Å². The van der Waals surface area contributed by atoms with Crippen LogP contribution >= 0.6 is 0 Å². The molecule has 2 heteroatoms. The lowest BCUT2D eigenvalue weighted by molar-refractivity contribution is -0.0122. The Balaban J connectivity index is 1.61. The Morgan fingerprint density at radius 2 is 1.62 bits per heavy atom. The molecule has 0 aromatic heterocycles. The van der Waals surface area contributed by atoms with Gasteiger partial charge in [-0.25, -0.2) is 4.79 Å². The molecule has 4 aliphatic rings. The fourth-order valence-corrected chi connectivity index (χ4v) is 5.10. The molecule has 1 aromatic carbocycles. The van der Waals surface area contributed by atoms with Crippen molar-refractivity contribution in [3.8, 4) is 11.8 Å². The number of hydrogen-bond acceptors (Lipinski definition) is 1. The van der Waals surface area contributed by atoms with Gasteiger partial charge >= 0.3 is 5.97 Å². The second-order valence-corrected chi connectivity index (χ2v) is 7.08. The third-order valence-corrected chi connectivity index (χ3v) is 5.76. The molecule has 2 nitrogen and oxygen atoms in total. The van der Waals surface area contributed by atoms with E-state index in [0.717, 1.165) is 23.7 Å². The minimum Gasteiger partial charge on any atom is -0.478 e. The summed E-state index contributed by atoms with van der Waals surface area (Å²) in [6, 6.07) is 7.10. The van der Waals surface area contributed by atoms with Crippen LogP contribution in [0, 0.1) is 41.4 Å². The molecule has 0 unspecified atom stereocenters. The van der Waals surface area contributed by atoms with Crippen LogP contribution in [0.15, 0.2) is 24.3 Å². The lowest BCUT2D eigenvalue weighted by atomic mass is 9.52. The first kappa shape index (κ1) is 13.0. The highest BCUT2D eigenvalue weighted by Gasteiger charge is 2.47. The molecule has 5 rings (SSSR count).